The first-order chi connectivity index (χ1) is 9.24. The van der Waals surface area contributed by atoms with E-state index in [9.17, 15) is 4.79 Å². The second-order valence-electron chi connectivity index (χ2n) is 4.93. The molecule has 0 radical (unpaired) electrons. The minimum atomic E-state index is -0.0432. The highest BCUT2D eigenvalue weighted by atomic mass is 16.5. The first-order valence-electron chi connectivity index (χ1n) is 6.29. The zero-order valence-electron chi connectivity index (χ0n) is 10.5. The monoisotopic (exact) mass is 261 g/mol. The number of rotatable bonds is 3. The van der Waals surface area contributed by atoms with Crippen LogP contribution in [0.1, 0.15) is 11.6 Å². The predicted molar refractivity (Wildman–Crippen MR) is 65.2 cm³/mol. The second-order valence-corrected chi connectivity index (χ2v) is 4.93. The molecule has 2 fully saturated rings. The van der Waals surface area contributed by atoms with Crippen molar-refractivity contribution in [3.63, 3.8) is 0 Å². The first-order valence-corrected chi connectivity index (χ1v) is 6.29. The maximum atomic E-state index is 11.0. The molecule has 7 nitrogen and oxygen atoms in total. The molecule has 1 unspecified atom stereocenters. The lowest BCUT2D eigenvalue weighted by atomic mass is 10.1. The van der Waals surface area contributed by atoms with E-state index in [1.807, 2.05) is 4.68 Å². The molecule has 19 heavy (non-hydrogen) atoms. The third-order valence-electron chi connectivity index (χ3n) is 3.48. The van der Waals surface area contributed by atoms with Crippen molar-refractivity contribution < 1.29 is 9.53 Å². The Morgan fingerprint density at radius 2 is 2.42 bits per heavy atom. The van der Waals surface area contributed by atoms with Crippen molar-refractivity contribution in [3.8, 4) is 6.07 Å². The van der Waals surface area contributed by atoms with Crippen molar-refractivity contribution in [1.82, 2.24) is 20.0 Å². The normalized spacial score (nSPS) is 24.6. The Bertz CT molecular complexity index is 504. The molecule has 2 aliphatic heterocycles. The summed E-state index contributed by atoms with van der Waals surface area (Å²) >= 11 is 0. The van der Waals surface area contributed by atoms with Crippen LogP contribution < -0.4 is 5.32 Å². The number of carbonyl (C=O) groups excluding carboxylic acids is 1. The molecule has 100 valence electrons. The molecular weight excluding hydrogens is 246 g/mol. The van der Waals surface area contributed by atoms with Crippen molar-refractivity contribution >= 4 is 5.91 Å². The lowest BCUT2D eigenvalue weighted by molar-refractivity contribution is -0.134. The Labute approximate surface area is 110 Å². The molecule has 0 spiro atoms. The Balaban J connectivity index is 1.45. The van der Waals surface area contributed by atoms with Gasteiger partial charge in [-0.1, -0.05) is 0 Å². The van der Waals surface area contributed by atoms with Crippen LogP contribution in [-0.4, -0.2) is 59.5 Å². The fourth-order valence-electron chi connectivity index (χ4n) is 2.39. The molecule has 3 rings (SSSR count). The lowest BCUT2D eigenvalue weighted by Crippen LogP contribution is -2.54. The SMILES string of the molecule is N#Cc1cnn(C2CN(CC3CNC(=O)CO3)C2)c1. The zero-order chi connectivity index (χ0) is 13.2. The van der Waals surface area contributed by atoms with Crippen LogP contribution in [-0.2, 0) is 9.53 Å². The second kappa shape index (κ2) is 4.99. The van der Waals surface area contributed by atoms with Crippen LogP contribution in [0, 0.1) is 11.3 Å². The van der Waals surface area contributed by atoms with Crippen LogP contribution in [0.4, 0.5) is 0 Å². The van der Waals surface area contributed by atoms with E-state index in [2.05, 4.69) is 21.4 Å². The Morgan fingerprint density at radius 1 is 1.58 bits per heavy atom. The van der Waals surface area contributed by atoms with E-state index < -0.39 is 0 Å². The first kappa shape index (κ1) is 12.1. The van der Waals surface area contributed by atoms with Gasteiger partial charge in [0.05, 0.1) is 23.9 Å². The number of hydrogen-bond acceptors (Lipinski definition) is 5. The van der Waals surface area contributed by atoms with Crippen molar-refractivity contribution in [2.24, 2.45) is 0 Å². The molecule has 1 aromatic rings. The van der Waals surface area contributed by atoms with Gasteiger partial charge in [0.15, 0.2) is 0 Å². The molecule has 1 atom stereocenters. The molecule has 1 aromatic heterocycles. The van der Waals surface area contributed by atoms with Gasteiger partial charge in [-0.15, -0.1) is 0 Å². The summed E-state index contributed by atoms with van der Waals surface area (Å²) in [5.41, 5.74) is 0.594. The quantitative estimate of drug-likeness (QED) is 0.764. The number of morpholine rings is 1. The maximum absolute atomic E-state index is 11.0. The van der Waals surface area contributed by atoms with Gasteiger partial charge < -0.3 is 10.1 Å². The third kappa shape index (κ3) is 2.59. The minimum absolute atomic E-state index is 0.0432. The summed E-state index contributed by atoms with van der Waals surface area (Å²) in [5.74, 6) is -0.0432. The van der Waals surface area contributed by atoms with Gasteiger partial charge >= 0.3 is 0 Å². The van der Waals surface area contributed by atoms with Crippen molar-refractivity contribution in [2.45, 2.75) is 12.1 Å². The van der Waals surface area contributed by atoms with Gasteiger partial charge in [0.25, 0.3) is 0 Å². The Kier molecular flexibility index (Phi) is 3.19. The Morgan fingerprint density at radius 3 is 3.05 bits per heavy atom. The van der Waals surface area contributed by atoms with Crippen LogP contribution in [0.15, 0.2) is 12.4 Å². The van der Waals surface area contributed by atoms with Gasteiger partial charge in [0, 0.05) is 32.4 Å². The molecular formula is C12H15N5O2. The molecule has 7 heteroatoms. The van der Waals surface area contributed by atoms with E-state index in [0.717, 1.165) is 19.6 Å². The summed E-state index contributed by atoms with van der Waals surface area (Å²) < 4.78 is 7.29. The van der Waals surface area contributed by atoms with E-state index in [-0.39, 0.29) is 18.6 Å². The van der Waals surface area contributed by atoms with Gasteiger partial charge in [0.1, 0.15) is 12.7 Å². The Hall–Kier alpha value is -1.91. The molecule has 3 heterocycles. The number of aromatic nitrogens is 2. The van der Waals surface area contributed by atoms with E-state index in [1.165, 1.54) is 0 Å². The molecule has 0 aliphatic carbocycles. The molecule has 0 bridgehead atoms. The van der Waals surface area contributed by atoms with Gasteiger partial charge in [-0.2, -0.15) is 10.4 Å². The molecule has 0 aromatic carbocycles. The van der Waals surface area contributed by atoms with Crippen molar-refractivity contribution in [2.75, 3.05) is 32.8 Å². The maximum Gasteiger partial charge on any atom is 0.246 e. The van der Waals surface area contributed by atoms with E-state index in [0.29, 0.717) is 18.2 Å². The van der Waals surface area contributed by atoms with Gasteiger partial charge in [-0.05, 0) is 0 Å². The van der Waals surface area contributed by atoms with Crippen LogP contribution in [0.2, 0.25) is 0 Å². The smallest absolute Gasteiger partial charge is 0.246 e. The summed E-state index contributed by atoms with van der Waals surface area (Å²) in [6, 6.07) is 2.41. The number of carbonyl (C=O) groups is 1. The minimum Gasteiger partial charge on any atom is -0.365 e. The number of nitrogens with one attached hydrogen (secondary N) is 1. The highest BCUT2D eigenvalue weighted by Crippen LogP contribution is 2.21. The molecule has 2 saturated heterocycles. The fourth-order valence-corrected chi connectivity index (χ4v) is 2.39. The highest BCUT2D eigenvalue weighted by molar-refractivity contribution is 5.77. The number of nitrogens with zero attached hydrogens (tertiary/aromatic N) is 4. The fraction of sp³-hybridized carbons (Fsp3) is 0.583. The molecule has 1 amide bonds. The summed E-state index contributed by atoms with van der Waals surface area (Å²) in [7, 11) is 0. The summed E-state index contributed by atoms with van der Waals surface area (Å²) in [6.45, 7) is 3.37. The number of ether oxygens (including phenoxy) is 1. The lowest BCUT2D eigenvalue weighted by Gasteiger charge is -2.41. The molecule has 0 saturated carbocycles. The average molecular weight is 261 g/mol. The van der Waals surface area contributed by atoms with Gasteiger partial charge in [-0.3, -0.25) is 14.4 Å². The van der Waals surface area contributed by atoms with Crippen molar-refractivity contribution in [1.29, 1.82) is 5.26 Å². The number of hydrogen-bond donors (Lipinski definition) is 1. The van der Waals surface area contributed by atoms with E-state index in [1.54, 1.807) is 12.4 Å². The summed E-state index contributed by atoms with van der Waals surface area (Å²) in [5, 5.41) is 15.7. The van der Waals surface area contributed by atoms with Crippen LogP contribution in [0.3, 0.4) is 0 Å². The summed E-state index contributed by atoms with van der Waals surface area (Å²) in [4.78, 5) is 13.2. The van der Waals surface area contributed by atoms with Crippen molar-refractivity contribution in [3.05, 3.63) is 18.0 Å². The number of amides is 1. The van der Waals surface area contributed by atoms with E-state index >= 15 is 0 Å². The van der Waals surface area contributed by atoms with Crippen LogP contribution >= 0.6 is 0 Å². The number of likely N-dealkylation sites (tertiary alicyclic amines) is 1. The molecule has 1 N–H and O–H groups in total. The third-order valence-corrected chi connectivity index (χ3v) is 3.48. The summed E-state index contributed by atoms with van der Waals surface area (Å²) in [6.07, 6.45) is 3.44. The highest BCUT2D eigenvalue weighted by Gasteiger charge is 2.31. The van der Waals surface area contributed by atoms with Gasteiger partial charge in [-0.25, -0.2) is 0 Å². The van der Waals surface area contributed by atoms with Gasteiger partial charge in [0.2, 0.25) is 5.91 Å². The van der Waals surface area contributed by atoms with Crippen LogP contribution in [0.25, 0.3) is 0 Å². The largest absolute Gasteiger partial charge is 0.365 e. The molecule has 2 aliphatic rings. The topological polar surface area (TPSA) is 83.2 Å². The average Bonchev–Trinajstić information content (AvgIpc) is 2.84. The standard InChI is InChI=1S/C12H15N5O2/c13-1-9-2-15-17(4-9)10-5-16(6-10)7-11-3-14-12(18)8-19-11/h2,4,10-11H,3,5-8H2,(H,14,18). The zero-order valence-corrected chi connectivity index (χ0v) is 10.5. The van der Waals surface area contributed by atoms with Crippen LogP contribution in [0.5, 0.6) is 0 Å². The predicted octanol–water partition coefficient (Wildman–Crippen LogP) is -0.874. The van der Waals surface area contributed by atoms with E-state index in [4.69, 9.17) is 10.00 Å². The number of nitriles is 1.